The summed E-state index contributed by atoms with van der Waals surface area (Å²) in [7, 11) is 13.5. The van der Waals surface area contributed by atoms with Crippen LogP contribution in [0.5, 0.6) is 46.0 Å². The summed E-state index contributed by atoms with van der Waals surface area (Å²) in [6, 6.07) is 93.1. The molecule has 0 fully saturated rings. The molecule has 484 valence electrons. The van der Waals surface area contributed by atoms with Crippen LogP contribution in [0.1, 0.15) is 6.42 Å². The molecule has 0 aliphatic heterocycles. The molecule has 14 nitrogen and oxygen atoms in total. The molecule has 0 bridgehead atoms. The SMILES string of the molecule is COc1ccc(N(c2ccc(OC)cc2)c2ccc3c(c2)c2cc(N(c4ccc(OC)cc4)c4ccc(OC)cc4)ccc2n3CCCn2c3ccc(N(c4ccc(OC)cc4)c4ccc(OC)cc4)cc3c3cc(N(c4ccc(OC)cc4)c4ccc(OC)cc4)ccc32)cc1. The molecule has 12 aromatic carbocycles. The molecule has 14 rings (SSSR count). The van der Waals surface area contributed by atoms with Gasteiger partial charge < -0.3 is 66.6 Å². The Kier molecular flexibility index (Phi) is 17.6. The normalized spacial score (nSPS) is 11.2. The minimum atomic E-state index is 0.711. The molecule has 0 N–H and O–H groups in total. The van der Waals surface area contributed by atoms with Crippen molar-refractivity contribution in [1.82, 2.24) is 9.13 Å². The van der Waals surface area contributed by atoms with Crippen LogP contribution in [0.3, 0.4) is 0 Å². The molecular weight excluding hydrogens is 1210 g/mol. The molecule has 0 aliphatic rings. The Morgan fingerprint density at radius 2 is 0.340 bits per heavy atom. The molecular formula is C83H74N6O8. The van der Waals surface area contributed by atoms with Gasteiger partial charge in [0.15, 0.2) is 0 Å². The van der Waals surface area contributed by atoms with Gasteiger partial charge in [-0.3, -0.25) is 0 Å². The smallest absolute Gasteiger partial charge is 0.119 e. The van der Waals surface area contributed by atoms with Gasteiger partial charge in [-0.15, -0.1) is 0 Å². The number of methoxy groups -OCH3 is 8. The van der Waals surface area contributed by atoms with Crippen LogP contribution in [0.2, 0.25) is 0 Å². The minimum absolute atomic E-state index is 0.711. The van der Waals surface area contributed by atoms with Gasteiger partial charge in [0.25, 0.3) is 0 Å². The number of nitrogens with zero attached hydrogens (tertiary/aromatic N) is 6. The van der Waals surface area contributed by atoms with Gasteiger partial charge >= 0.3 is 0 Å². The highest BCUT2D eigenvalue weighted by Crippen LogP contribution is 2.46. The van der Waals surface area contributed by atoms with Gasteiger partial charge in [0.2, 0.25) is 0 Å². The number of ether oxygens (including phenoxy) is 8. The Balaban J connectivity index is 0.921. The molecule has 14 aromatic rings. The van der Waals surface area contributed by atoms with Crippen LogP contribution in [-0.2, 0) is 13.1 Å². The second-order valence-corrected chi connectivity index (χ2v) is 23.4. The predicted molar refractivity (Wildman–Crippen MR) is 395 cm³/mol. The maximum Gasteiger partial charge on any atom is 0.119 e. The zero-order chi connectivity index (χ0) is 66.5. The molecule has 0 amide bonds. The van der Waals surface area contributed by atoms with Gasteiger partial charge in [-0.05, 0) is 273 Å². The quantitative estimate of drug-likeness (QED) is 0.0576. The average molecular weight is 1280 g/mol. The summed E-state index contributed by atoms with van der Waals surface area (Å²) < 4.78 is 50.2. The first-order chi connectivity index (χ1) is 47.7. The van der Waals surface area contributed by atoms with Crippen LogP contribution in [-0.4, -0.2) is 66.0 Å². The standard InChI is InChI=1S/C83H74N6O8/c1-90-68-30-10-56(11-31-68)86(57-12-32-69(91-2)33-13-57)64-26-46-80-76(52-64)77-53-65(87(58-14-34-70(92-3)35-15-58)59-16-36-71(93-4)37-17-59)27-47-81(77)84(80)50-9-51-85-82-48-28-66(88(60-18-38-72(94-5)39-19-60)61-20-40-73(95-6)41-21-61)54-78(82)79-55-67(29-49-83(79)85)89(62-22-42-74(96-7)43-23-62)63-24-44-75(97-8)45-25-63/h10-49,52-55H,9,50-51H2,1-8H3. The Hall–Kier alpha value is -12.2. The molecule has 0 aliphatic carbocycles. The van der Waals surface area contributed by atoms with E-state index in [-0.39, 0.29) is 0 Å². The predicted octanol–water partition coefficient (Wildman–Crippen LogP) is 20.9. The highest BCUT2D eigenvalue weighted by atomic mass is 16.5. The molecule has 2 heterocycles. The number of rotatable bonds is 24. The van der Waals surface area contributed by atoms with E-state index in [0.29, 0.717) is 13.1 Å². The molecule has 2 aromatic heterocycles. The first kappa shape index (κ1) is 62.3. The lowest BCUT2D eigenvalue weighted by Crippen LogP contribution is -2.10. The van der Waals surface area contributed by atoms with E-state index in [4.69, 9.17) is 37.9 Å². The third-order valence-electron chi connectivity index (χ3n) is 18.1. The first-order valence-electron chi connectivity index (χ1n) is 32.1. The Bertz CT molecular complexity index is 4220. The van der Waals surface area contributed by atoms with Gasteiger partial charge in [0.1, 0.15) is 46.0 Å². The third kappa shape index (κ3) is 12.3. The highest BCUT2D eigenvalue weighted by Gasteiger charge is 2.24. The van der Waals surface area contributed by atoms with E-state index in [1.54, 1.807) is 56.9 Å². The number of benzene rings is 12. The van der Waals surface area contributed by atoms with E-state index in [2.05, 4.69) is 199 Å². The van der Waals surface area contributed by atoms with Crippen molar-refractivity contribution in [3.63, 3.8) is 0 Å². The Morgan fingerprint density at radius 1 is 0.196 bits per heavy atom. The summed E-state index contributed by atoms with van der Waals surface area (Å²) in [5, 5.41) is 4.44. The summed E-state index contributed by atoms with van der Waals surface area (Å²) in [5.41, 5.74) is 16.3. The summed E-state index contributed by atoms with van der Waals surface area (Å²) in [5.74, 6) is 6.22. The Labute approximate surface area is 564 Å². The minimum Gasteiger partial charge on any atom is -0.497 e. The highest BCUT2D eigenvalue weighted by molar-refractivity contribution is 6.12. The van der Waals surface area contributed by atoms with Crippen LogP contribution in [0.25, 0.3) is 43.6 Å². The number of hydrogen-bond acceptors (Lipinski definition) is 12. The molecule has 0 unspecified atom stereocenters. The number of fused-ring (bicyclic) bond motifs is 6. The van der Waals surface area contributed by atoms with Crippen LogP contribution in [0.4, 0.5) is 68.2 Å². The van der Waals surface area contributed by atoms with Gasteiger partial charge in [-0.25, -0.2) is 0 Å². The summed E-state index contributed by atoms with van der Waals surface area (Å²) in [6.07, 6.45) is 0.798. The van der Waals surface area contributed by atoms with Crippen molar-refractivity contribution in [3.8, 4) is 46.0 Å². The van der Waals surface area contributed by atoms with Crippen molar-refractivity contribution in [2.24, 2.45) is 0 Å². The lowest BCUT2D eigenvalue weighted by atomic mass is 10.1. The molecule has 14 heteroatoms. The van der Waals surface area contributed by atoms with Gasteiger partial charge in [-0.2, -0.15) is 0 Å². The van der Waals surface area contributed by atoms with Crippen molar-refractivity contribution >= 4 is 112 Å². The van der Waals surface area contributed by atoms with Crippen molar-refractivity contribution in [3.05, 3.63) is 267 Å². The van der Waals surface area contributed by atoms with E-state index in [0.717, 1.165) is 164 Å². The lowest BCUT2D eigenvalue weighted by Gasteiger charge is -2.26. The van der Waals surface area contributed by atoms with Gasteiger partial charge in [0.05, 0.1) is 56.9 Å². The van der Waals surface area contributed by atoms with Gasteiger partial charge in [0, 0.05) is 125 Å². The van der Waals surface area contributed by atoms with Gasteiger partial charge in [-0.1, -0.05) is 0 Å². The Morgan fingerprint density at radius 3 is 0.485 bits per heavy atom. The van der Waals surface area contributed by atoms with Crippen LogP contribution in [0.15, 0.2) is 267 Å². The number of anilines is 12. The van der Waals surface area contributed by atoms with Crippen LogP contribution >= 0.6 is 0 Å². The monoisotopic (exact) mass is 1280 g/mol. The zero-order valence-corrected chi connectivity index (χ0v) is 55.5. The number of hydrogen-bond donors (Lipinski definition) is 0. The summed E-state index contributed by atoms with van der Waals surface area (Å²) in [6.45, 7) is 1.42. The maximum absolute atomic E-state index is 5.65. The van der Waals surface area contributed by atoms with Crippen LogP contribution < -0.4 is 57.5 Å². The van der Waals surface area contributed by atoms with Crippen molar-refractivity contribution in [2.75, 3.05) is 76.5 Å². The van der Waals surface area contributed by atoms with E-state index < -0.39 is 0 Å². The molecule has 0 spiro atoms. The number of aromatic nitrogens is 2. The number of aryl methyl sites for hydroxylation is 2. The zero-order valence-electron chi connectivity index (χ0n) is 55.5. The largest absolute Gasteiger partial charge is 0.497 e. The summed E-state index contributed by atoms with van der Waals surface area (Å²) >= 11 is 0. The fourth-order valence-electron chi connectivity index (χ4n) is 13.2. The van der Waals surface area contributed by atoms with Crippen molar-refractivity contribution < 1.29 is 37.9 Å². The molecule has 0 atom stereocenters. The molecule has 0 saturated heterocycles. The molecule has 0 saturated carbocycles. The lowest BCUT2D eigenvalue weighted by molar-refractivity contribution is 0.414. The second-order valence-electron chi connectivity index (χ2n) is 23.4. The van der Waals surface area contributed by atoms with E-state index in [1.807, 2.05) is 97.1 Å². The molecule has 0 radical (unpaired) electrons. The average Bonchev–Trinajstić information content (AvgIpc) is 1.60. The second kappa shape index (κ2) is 27.4. The topological polar surface area (TPSA) is 96.7 Å². The van der Waals surface area contributed by atoms with E-state index in [9.17, 15) is 0 Å². The van der Waals surface area contributed by atoms with E-state index >= 15 is 0 Å². The van der Waals surface area contributed by atoms with E-state index in [1.165, 1.54) is 0 Å². The summed E-state index contributed by atoms with van der Waals surface area (Å²) in [4.78, 5) is 9.13. The molecule has 97 heavy (non-hydrogen) atoms. The van der Waals surface area contributed by atoms with Crippen molar-refractivity contribution in [2.45, 2.75) is 19.5 Å². The van der Waals surface area contributed by atoms with Crippen LogP contribution in [0, 0.1) is 0 Å². The van der Waals surface area contributed by atoms with Crippen molar-refractivity contribution in [1.29, 1.82) is 0 Å². The third-order valence-corrected chi connectivity index (χ3v) is 18.1. The fourth-order valence-corrected chi connectivity index (χ4v) is 13.2. The maximum atomic E-state index is 5.65. The fraction of sp³-hybridized carbons (Fsp3) is 0.133. The first-order valence-corrected chi connectivity index (χ1v) is 32.1.